The molecule has 0 aromatic carbocycles. The van der Waals surface area contributed by atoms with E-state index in [1.165, 1.54) is 0 Å². The molecule has 72 valence electrons. The second-order valence-corrected chi connectivity index (χ2v) is 2.88. The molecule has 13 heavy (non-hydrogen) atoms. The van der Waals surface area contributed by atoms with E-state index in [2.05, 4.69) is 0 Å². The van der Waals surface area contributed by atoms with Gasteiger partial charge in [-0.2, -0.15) is 17.7 Å². The predicted molar refractivity (Wildman–Crippen MR) is 38.7 cm³/mol. The zero-order chi connectivity index (χ0) is 9.00. The van der Waals surface area contributed by atoms with Gasteiger partial charge < -0.3 is 33.9 Å². The van der Waals surface area contributed by atoms with Crippen molar-refractivity contribution in [1.82, 2.24) is 0 Å². The van der Waals surface area contributed by atoms with Crippen LogP contribution in [0.5, 0.6) is 0 Å². The molecule has 1 atom stereocenters. The van der Waals surface area contributed by atoms with Crippen LogP contribution in [-0.4, -0.2) is 52.4 Å². The summed E-state index contributed by atoms with van der Waals surface area (Å²) in [6, 6.07) is 0. The molecular weight excluding hydrogens is 284 g/mol. The van der Waals surface area contributed by atoms with Gasteiger partial charge in [0.1, 0.15) is 0 Å². The van der Waals surface area contributed by atoms with Crippen molar-refractivity contribution in [1.29, 1.82) is 0 Å². The van der Waals surface area contributed by atoms with Crippen molar-refractivity contribution in [3.8, 4) is 0 Å². The summed E-state index contributed by atoms with van der Waals surface area (Å²) in [7, 11) is -10.0. The van der Waals surface area contributed by atoms with Gasteiger partial charge in [-0.25, -0.2) is 4.57 Å². The third-order valence-corrected chi connectivity index (χ3v) is 0. The van der Waals surface area contributed by atoms with Crippen molar-refractivity contribution in [2.45, 2.75) is 0 Å². The predicted octanol–water partition coefficient (Wildman–Crippen LogP) is -7.07. The monoisotopic (exact) mass is 290 g/mol. The summed E-state index contributed by atoms with van der Waals surface area (Å²) in [6.45, 7) is 0. The maximum atomic E-state index is 8.88. The topological polar surface area (TPSA) is 164 Å². The fraction of sp³-hybridized carbons (Fsp3) is 0. The third-order valence-electron chi connectivity index (χ3n) is 0. The molecule has 3 N–H and O–H groups in total. The first-order valence-electron chi connectivity index (χ1n) is 1.51. The minimum atomic E-state index is -5.39. The second-order valence-electron chi connectivity index (χ2n) is 0.960. The Bertz CT molecular complexity index is 132. The van der Waals surface area contributed by atoms with E-state index in [1.54, 1.807) is 0 Å². The van der Waals surface area contributed by atoms with Gasteiger partial charge >= 0.3 is 75.1 Å². The molecule has 0 amide bonds. The molecule has 0 aliphatic carbocycles. The molecule has 1 unspecified atom stereocenters. The maximum absolute atomic E-state index is 8.88. The van der Waals surface area contributed by atoms with E-state index < -0.39 is 15.6 Å². The molecule has 0 aliphatic rings. The van der Waals surface area contributed by atoms with E-state index in [0.29, 0.717) is 0 Å². The molecule has 0 saturated heterocycles. The molecule has 0 fully saturated rings. The van der Waals surface area contributed by atoms with Gasteiger partial charge in [-0.15, -0.1) is 0 Å². The van der Waals surface area contributed by atoms with Crippen molar-refractivity contribution in [3.63, 3.8) is 0 Å². The molecule has 0 bridgehead atoms. The fourth-order valence-corrected chi connectivity index (χ4v) is 0. The summed E-state index contributed by atoms with van der Waals surface area (Å²) >= 11 is 0. The SMILES string of the molecule is O=P(O)(O)O.O=P([O-])([O-])[O-].P.[Ca+2].[Na+]. The molecular formula is H6CaNaO8P3. The van der Waals surface area contributed by atoms with Crippen LogP contribution in [0.15, 0.2) is 0 Å². The Morgan fingerprint density at radius 1 is 0.923 bits per heavy atom. The van der Waals surface area contributed by atoms with Gasteiger partial charge in [-0.3, -0.25) is 0 Å². The number of rotatable bonds is 0. The van der Waals surface area contributed by atoms with Crippen LogP contribution in [0.2, 0.25) is 0 Å². The Balaban J connectivity index is -0.0000000267. The molecule has 0 spiro atoms. The molecule has 0 aromatic heterocycles. The van der Waals surface area contributed by atoms with Gasteiger partial charge in [0, 0.05) is 0 Å². The first-order chi connectivity index (χ1) is 4.00. The third kappa shape index (κ3) is 293. The number of phosphoric acid groups is 2. The summed E-state index contributed by atoms with van der Waals surface area (Å²) in [5, 5.41) is 0. The van der Waals surface area contributed by atoms with Gasteiger partial charge in [0.2, 0.25) is 0 Å². The van der Waals surface area contributed by atoms with Crippen LogP contribution in [0.3, 0.4) is 0 Å². The summed E-state index contributed by atoms with van der Waals surface area (Å²) in [4.78, 5) is 47.2. The minimum Gasteiger partial charge on any atom is -0.822 e. The van der Waals surface area contributed by atoms with Crippen LogP contribution in [0.4, 0.5) is 0 Å². The molecule has 8 nitrogen and oxygen atoms in total. The van der Waals surface area contributed by atoms with E-state index in [4.69, 9.17) is 38.5 Å². The van der Waals surface area contributed by atoms with E-state index >= 15 is 0 Å². The van der Waals surface area contributed by atoms with Crippen LogP contribution in [0, 0.1) is 0 Å². The van der Waals surface area contributed by atoms with Crippen LogP contribution in [0.25, 0.3) is 0 Å². The van der Waals surface area contributed by atoms with E-state index in [9.17, 15) is 0 Å². The van der Waals surface area contributed by atoms with Crippen LogP contribution in [-0.2, 0) is 9.13 Å². The summed E-state index contributed by atoms with van der Waals surface area (Å²) in [5.41, 5.74) is 0. The fourth-order valence-electron chi connectivity index (χ4n) is 0. The van der Waals surface area contributed by atoms with E-state index in [-0.39, 0.29) is 77.2 Å². The molecule has 0 radical (unpaired) electrons. The molecule has 0 aliphatic heterocycles. The maximum Gasteiger partial charge on any atom is 2.00 e. The van der Waals surface area contributed by atoms with Crippen molar-refractivity contribution in [2.75, 3.05) is 0 Å². The van der Waals surface area contributed by atoms with Crippen LogP contribution < -0.4 is 44.2 Å². The average molecular weight is 290 g/mol. The number of hydrogen-bond acceptors (Lipinski definition) is 5. The Kier molecular flexibility index (Phi) is 29.7. The van der Waals surface area contributed by atoms with Crippen molar-refractivity contribution in [2.24, 2.45) is 0 Å². The molecule has 0 rings (SSSR count). The smallest absolute Gasteiger partial charge is 0.822 e. The summed E-state index contributed by atoms with van der Waals surface area (Å²) < 4.78 is 17.4. The zero-order valence-corrected chi connectivity index (χ0v) is 14.1. The molecule has 0 saturated carbocycles. The van der Waals surface area contributed by atoms with Crippen molar-refractivity contribution < 1.29 is 68.0 Å². The Morgan fingerprint density at radius 2 is 0.923 bits per heavy atom. The largest absolute Gasteiger partial charge is 2.00 e. The van der Waals surface area contributed by atoms with Crippen molar-refractivity contribution in [3.05, 3.63) is 0 Å². The standard InChI is InChI=1S/Ca.Na.2H3O4P.H3P/c;;2*1-5(2,3)4;/h;;2*(H3,1,2,3,4);1H3/q+2;+1;;;/p-3. The van der Waals surface area contributed by atoms with Crippen molar-refractivity contribution >= 4 is 63.3 Å². The summed E-state index contributed by atoms with van der Waals surface area (Å²) in [6.07, 6.45) is 0. The van der Waals surface area contributed by atoms with E-state index in [1.807, 2.05) is 0 Å². The minimum absolute atomic E-state index is 0. The quantitative estimate of drug-likeness (QED) is 0.292. The Morgan fingerprint density at radius 3 is 0.923 bits per heavy atom. The van der Waals surface area contributed by atoms with Gasteiger partial charge in [0.25, 0.3) is 0 Å². The molecule has 0 heterocycles. The Hall–Kier alpha value is 2.91. The Labute approximate surface area is 130 Å². The molecule has 0 aromatic rings. The zero-order valence-electron chi connectivity index (χ0n) is 6.69. The van der Waals surface area contributed by atoms with E-state index in [0.717, 1.165) is 0 Å². The second kappa shape index (κ2) is 13.0. The first kappa shape index (κ1) is 29.7. The van der Waals surface area contributed by atoms with Gasteiger partial charge in [-0.1, -0.05) is 0 Å². The van der Waals surface area contributed by atoms with Crippen LogP contribution in [0.1, 0.15) is 0 Å². The van der Waals surface area contributed by atoms with Gasteiger partial charge in [-0.05, 0) is 0 Å². The van der Waals surface area contributed by atoms with Gasteiger partial charge in [0.15, 0.2) is 0 Å². The van der Waals surface area contributed by atoms with Gasteiger partial charge in [0.05, 0.1) is 0 Å². The normalized spacial score (nSPS) is 9.08. The van der Waals surface area contributed by atoms with Crippen LogP contribution >= 0.6 is 25.5 Å². The first-order valence-corrected chi connectivity index (χ1v) is 4.54. The average Bonchev–Trinajstić information content (AvgIpc) is 1.12. The molecule has 13 heteroatoms. The number of hydrogen-bond donors (Lipinski definition) is 3. The summed E-state index contributed by atoms with van der Waals surface area (Å²) in [5.74, 6) is 0.